The normalized spacial score (nSPS) is 10.8. The lowest BCUT2D eigenvalue weighted by atomic mass is 10.2. The number of ether oxygens (including phenoxy) is 2. The second-order valence-electron chi connectivity index (χ2n) is 3.93. The standard InChI is InChI=1S/C12H16BrN3O3/c1-7(2)19-11-9(13)4-8(5-10(11)18-3)6-15-16-12(14)17/h4-7H,1-3H3,(H3,14,16,17). The number of hydrazone groups is 1. The zero-order chi connectivity index (χ0) is 14.4. The molecule has 3 N–H and O–H groups in total. The Morgan fingerprint density at radius 1 is 1.53 bits per heavy atom. The van der Waals surface area contributed by atoms with Gasteiger partial charge >= 0.3 is 6.03 Å². The van der Waals surface area contributed by atoms with Crippen molar-refractivity contribution in [2.75, 3.05) is 7.11 Å². The fourth-order valence-corrected chi connectivity index (χ4v) is 1.89. The van der Waals surface area contributed by atoms with Gasteiger partial charge in [-0.05, 0) is 47.5 Å². The molecular formula is C12H16BrN3O3. The van der Waals surface area contributed by atoms with Crippen molar-refractivity contribution in [1.82, 2.24) is 5.43 Å². The molecule has 104 valence electrons. The quantitative estimate of drug-likeness (QED) is 0.641. The Bertz CT molecular complexity index is 489. The van der Waals surface area contributed by atoms with Crippen molar-refractivity contribution in [1.29, 1.82) is 0 Å². The van der Waals surface area contributed by atoms with Crippen molar-refractivity contribution in [3.8, 4) is 11.5 Å². The maximum absolute atomic E-state index is 10.5. The summed E-state index contributed by atoms with van der Waals surface area (Å²) in [6.45, 7) is 3.86. The fraction of sp³-hybridized carbons (Fsp3) is 0.333. The summed E-state index contributed by atoms with van der Waals surface area (Å²) in [5.74, 6) is 1.20. The van der Waals surface area contributed by atoms with Crippen LogP contribution in [0.1, 0.15) is 19.4 Å². The molecule has 0 spiro atoms. The molecule has 0 saturated carbocycles. The van der Waals surface area contributed by atoms with E-state index in [9.17, 15) is 4.79 Å². The third kappa shape index (κ3) is 4.78. The molecule has 0 aliphatic carbocycles. The smallest absolute Gasteiger partial charge is 0.332 e. The Balaban J connectivity index is 3.01. The average molecular weight is 330 g/mol. The number of amides is 2. The molecule has 0 aromatic heterocycles. The van der Waals surface area contributed by atoms with Gasteiger partial charge in [-0.15, -0.1) is 0 Å². The largest absolute Gasteiger partial charge is 0.493 e. The molecule has 1 aromatic carbocycles. The first-order chi connectivity index (χ1) is 8.93. The van der Waals surface area contributed by atoms with E-state index in [1.165, 1.54) is 6.21 Å². The number of nitrogens with one attached hydrogen (secondary N) is 1. The van der Waals surface area contributed by atoms with Gasteiger partial charge in [-0.1, -0.05) is 0 Å². The first-order valence-corrected chi connectivity index (χ1v) is 6.36. The molecule has 0 fully saturated rings. The predicted molar refractivity (Wildman–Crippen MR) is 76.8 cm³/mol. The topological polar surface area (TPSA) is 85.9 Å². The summed E-state index contributed by atoms with van der Waals surface area (Å²) in [7, 11) is 1.55. The van der Waals surface area contributed by atoms with Crippen LogP contribution in [0.5, 0.6) is 11.5 Å². The molecular weight excluding hydrogens is 314 g/mol. The molecule has 7 heteroatoms. The molecule has 0 aliphatic heterocycles. The van der Waals surface area contributed by atoms with Crippen molar-refractivity contribution in [3.63, 3.8) is 0 Å². The first-order valence-electron chi connectivity index (χ1n) is 5.56. The number of urea groups is 1. The van der Waals surface area contributed by atoms with Gasteiger partial charge in [0.05, 0.1) is 23.9 Å². The maximum atomic E-state index is 10.5. The van der Waals surface area contributed by atoms with Gasteiger partial charge < -0.3 is 15.2 Å². The second-order valence-corrected chi connectivity index (χ2v) is 4.79. The molecule has 0 atom stereocenters. The van der Waals surface area contributed by atoms with Crippen molar-refractivity contribution in [2.24, 2.45) is 10.8 Å². The molecule has 0 bridgehead atoms. The summed E-state index contributed by atoms with van der Waals surface area (Å²) in [5, 5.41) is 3.68. The highest BCUT2D eigenvalue weighted by Crippen LogP contribution is 2.36. The molecule has 0 saturated heterocycles. The van der Waals surface area contributed by atoms with E-state index in [0.29, 0.717) is 11.5 Å². The number of hydrogen-bond acceptors (Lipinski definition) is 4. The molecule has 6 nitrogen and oxygen atoms in total. The van der Waals surface area contributed by atoms with E-state index in [0.717, 1.165) is 10.0 Å². The Hall–Kier alpha value is -1.76. The lowest BCUT2D eigenvalue weighted by molar-refractivity contribution is 0.228. The molecule has 0 heterocycles. The van der Waals surface area contributed by atoms with Gasteiger partial charge in [0.2, 0.25) is 0 Å². The van der Waals surface area contributed by atoms with Crippen molar-refractivity contribution in [2.45, 2.75) is 20.0 Å². The maximum Gasteiger partial charge on any atom is 0.332 e. The van der Waals surface area contributed by atoms with Crippen molar-refractivity contribution >= 4 is 28.2 Å². The monoisotopic (exact) mass is 329 g/mol. The zero-order valence-corrected chi connectivity index (χ0v) is 12.5. The Labute approximate surface area is 120 Å². The number of nitrogens with zero attached hydrogens (tertiary/aromatic N) is 1. The van der Waals surface area contributed by atoms with Crippen molar-refractivity contribution < 1.29 is 14.3 Å². The number of benzene rings is 1. The lowest BCUT2D eigenvalue weighted by Gasteiger charge is -2.15. The van der Waals surface area contributed by atoms with Crippen LogP contribution in [-0.4, -0.2) is 25.5 Å². The van der Waals surface area contributed by atoms with Gasteiger partial charge in [-0.25, -0.2) is 10.2 Å². The number of primary amides is 1. The summed E-state index contributed by atoms with van der Waals surface area (Å²) in [6, 6.07) is 2.82. The van der Waals surface area contributed by atoms with Crippen LogP contribution in [0.3, 0.4) is 0 Å². The number of hydrogen-bond donors (Lipinski definition) is 2. The van der Waals surface area contributed by atoms with Gasteiger partial charge in [0, 0.05) is 0 Å². The molecule has 0 aliphatic rings. The van der Waals surface area contributed by atoms with Crippen LogP contribution in [0.4, 0.5) is 4.79 Å². The van der Waals surface area contributed by atoms with Crippen molar-refractivity contribution in [3.05, 3.63) is 22.2 Å². The van der Waals surface area contributed by atoms with Crippen LogP contribution < -0.4 is 20.6 Å². The van der Waals surface area contributed by atoms with E-state index in [2.05, 4.69) is 26.5 Å². The SMILES string of the molecule is COc1cc(C=NNC(N)=O)cc(Br)c1OC(C)C. The number of halogens is 1. The summed E-state index contributed by atoms with van der Waals surface area (Å²) < 4.78 is 11.7. The fourth-order valence-electron chi connectivity index (χ4n) is 1.33. The predicted octanol–water partition coefficient (Wildman–Crippen LogP) is 2.25. The number of nitrogens with two attached hydrogens (primary N) is 1. The van der Waals surface area contributed by atoms with Gasteiger partial charge in [-0.3, -0.25) is 0 Å². The highest BCUT2D eigenvalue weighted by Gasteiger charge is 2.12. The van der Waals surface area contributed by atoms with Crippen LogP contribution in [-0.2, 0) is 0 Å². The van der Waals surface area contributed by atoms with E-state index in [1.807, 2.05) is 13.8 Å². The minimum absolute atomic E-state index is 0.0289. The Morgan fingerprint density at radius 3 is 2.74 bits per heavy atom. The number of rotatable bonds is 5. The molecule has 2 amide bonds. The lowest BCUT2D eigenvalue weighted by Crippen LogP contribution is -2.24. The number of carbonyl (C=O) groups is 1. The Kier molecular flexibility index (Phi) is 5.62. The van der Waals surface area contributed by atoms with E-state index >= 15 is 0 Å². The zero-order valence-electron chi connectivity index (χ0n) is 10.9. The van der Waals surface area contributed by atoms with Crippen LogP contribution in [0.15, 0.2) is 21.7 Å². The summed E-state index contributed by atoms with van der Waals surface area (Å²) in [4.78, 5) is 10.5. The van der Waals surface area contributed by atoms with Crippen LogP contribution in [0, 0.1) is 0 Å². The van der Waals surface area contributed by atoms with E-state index in [1.54, 1.807) is 19.2 Å². The molecule has 19 heavy (non-hydrogen) atoms. The summed E-state index contributed by atoms with van der Waals surface area (Å²) in [5.41, 5.74) is 7.75. The first kappa shape index (κ1) is 15.3. The molecule has 1 rings (SSSR count). The average Bonchev–Trinajstić information content (AvgIpc) is 2.31. The third-order valence-electron chi connectivity index (χ3n) is 1.99. The second kappa shape index (κ2) is 6.98. The third-order valence-corrected chi connectivity index (χ3v) is 2.58. The highest BCUT2D eigenvalue weighted by atomic mass is 79.9. The van der Waals surface area contributed by atoms with Crippen LogP contribution in [0.25, 0.3) is 0 Å². The van der Waals surface area contributed by atoms with Gasteiger partial charge in [0.25, 0.3) is 0 Å². The molecule has 1 aromatic rings. The van der Waals surface area contributed by atoms with E-state index in [-0.39, 0.29) is 6.10 Å². The minimum Gasteiger partial charge on any atom is -0.493 e. The van der Waals surface area contributed by atoms with E-state index in [4.69, 9.17) is 15.2 Å². The summed E-state index contributed by atoms with van der Waals surface area (Å²) in [6.07, 6.45) is 1.48. The van der Waals surface area contributed by atoms with Gasteiger partial charge in [0.1, 0.15) is 0 Å². The summed E-state index contributed by atoms with van der Waals surface area (Å²) >= 11 is 3.41. The number of methoxy groups -OCH3 is 1. The van der Waals surface area contributed by atoms with Gasteiger partial charge in [0.15, 0.2) is 11.5 Å². The van der Waals surface area contributed by atoms with Crippen LogP contribution in [0.2, 0.25) is 0 Å². The molecule has 0 radical (unpaired) electrons. The van der Waals surface area contributed by atoms with Gasteiger partial charge in [-0.2, -0.15) is 5.10 Å². The number of carbonyl (C=O) groups excluding carboxylic acids is 1. The molecule has 0 unspecified atom stereocenters. The Morgan fingerprint density at radius 2 is 2.21 bits per heavy atom. The van der Waals surface area contributed by atoms with E-state index < -0.39 is 6.03 Å². The van der Waals surface area contributed by atoms with Crippen LogP contribution >= 0.6 is 15.9 Å². The minimum atomic E-state index is -0.720. The highest BCUT2D eigenvalue weighted by molar-refractivity contribution is 9.10.